The molecular formula is C22H29F3N4O2. The van der Waals surface area contributed by atoms with Gasteiger partial charge in [-0.2, -0.15) is 8.78 Å². The summed E-state index contributed by atoms with van der Waals surface area (Å²) in [5.74, 6) is 0.231. The number of halogens is 3. The number of hydrogen-bond donors (Lipinski definition) is 3. The van der Waals surface area contributed by atoms with Gasteiger partial charge in [-0.25, -0.2) is 4.39 Å². The summed E-state index contributed by atoms with van der Waals surface area (Å²) in [7, 11) is 3.80. The van der Waals surface area contributed by atoms with Gasteiger partial charge in [-0.1, -0.05) is 24.3 Å². The summed E-state index contributed by atoms with van der Waals surface area (Å²) in [5, 5.41) is 16.6. The number of hydrogen-bond acceptors (Lipinski definition) is 4. The van der Waals surface area contributed by atoms with Crippen molar-refractivity contribution in [2.75, 3.05) is 33.7 Å². The van der Waals surface area contributed by atoms with E-state index in [0.29, 0.717) is 24.6 Å². The molecule has 170 valence electrons. The number of guanidine groups is 1. The van der Waals surface area contributed by atoms with E-state index in [1.807, 2.05) is 32.0 Å². The van der Waals surface area contributed by atoms with E-state index in [0.717, 1.165) is 5.56 Å². The molecule has 0 amide bonds. The number of aliphatic hydroxyl groups is 1. The molecule has 0 heterocycles. The van der Waals surface area contributed by atoms with E-state index in [2.05, 4.69) is 20.4 Å². The lowest BCUT2D eigenvalue weighted by Crippen LogP contribution is -2.40. The van der Waals surface area contributed by atoms with Crippen molar-refractivity contribution >= 4 is 5.96 Å². The highest BCUT2D eigenvalue weighted by Crippen LogP contribution is 2.20. The van der Waals surface area contributed by atoms with Gasteiger partial charge in [0.1, 0.15) is 11.6 Å². The van der Waals surface area contributed by atoms with Crippen molar-refractivity contribution in [3.05, 3.63) is 65.5 Å². The minimum atomic E-state index is -2.89. The van der Waals surface area contributed by atoms with Gasteiger partial charge < -0.3 is 25.4 Å². The van der Waals surface area contributed by atoms with E-state index >= 15 is 0 Å². The highest BCUT2D eigenvalue weighted by Gasteiger charge is 2.15. The summed E-state index contributed by atoms with van der Waals surface area (Å²) in [5.41, 5.74) is 1.37. The van der Waals surface area contributed by atoms with Crippen LogP contribution in [0.1, 0.15) is 30.2 Å². The fourth-order valence-corrected chi connectivity index (χ4v) is 2.98. The molecule has 0 aromatic heterocycles. The topological polar surface area (TPSA) is 69.1 Å². The van der Waals surface area contributed by atoms with Gasteiger partial charge in [0.05, 0.1) is 18.7 Å². The largest absolute Gasteiger partial charge is 0.435 e. The first-order valence-corrected chi connectivity index (χ1v) is 9.97. The Kier molecular flexibility index (Phi) is 9.61. The Bertz CT molecular complexity index is 832. The molecule has 3 N–H and O–H groups in total. The predicted molar refractivity (Wildman–Crippen MR) is 115 cm³/mol. The summed E-state index contributed by atoms with van der Waals surface area (Å²) in [6.07, 6.45) is -0.877. The van der Waals surface area contributed by atoms with Crippen LogP contribution in [0, 0.1) is 5.82 Å². The average Bonchev–Trinajstić information content (AvgIpc) is 2.71. The number of nitrogens with zero attached hydrogens (tertiary/aromatic N) is 2. The Morgan fingerprint density at radius 3 is 2.39 bits per heavy atom. The van der Waals surface area contributed by atoms with Crippen LogP contribution in [0.15, 0.2) is 53.5 Å². The van der Waals surface area contributed by atoms with E-state index in [1.165, 1.54) is 36.4 Å². The number of alkyl halides is 2. The monoisotopic (exact) mass is 438 g/mol. The predicted octanol–water partition coefficient (Wildman–Crippen LogP) is 3.32. The zero-order valence-corrected chi connectivity index (χ0v) is 17.9. The van der Waals surface area contributed by atoms with E-state index in [4.69, 9.17) is 0 Å². The minimum absolute atomic E-state index is 0.0286. The number of rotatable bonds is 10. The normalized spacial score (nSPS) is 13.9. The van der Waals surface area contributed by atoms with Crippen LogP contribution in [-0.4, -0.2) is 56.3 Å². The molecule has 0 aliphatic heterocycles. The van der Waals surface area contributed by atoms with Gasteiger partial charge in [-0.05, 0) is 56.4 Å². The standard InChI is InChI=1S/C22H29F3N4O2/c1-4-26-22(27-13-19(29(2)3)16-6-5-7-17(23)12-16)28-14-20(30)15-8-10-18(11-9-15)31-21(24)25/h5-12,19-21,30H,4,13-14H2,1-3H3,(H2,26,27,28). The van der Waals surface area contributed by atoms with Crippen LogP contribution < -0.4 is 15.4 Å². The Morgan fingerprint density at radius 1 is 1.10 bits per heavy atom. The third kappa shape index (κ3) is 8.10. The average molecular weight is 438 g/mol. The van der Waals surface area contributed by atoms with Gasteiger partial charge in [0.2, 0.25) is 0 Å². The second-order valence-electron chi connectivity index (χ2n) is 7.10. The quantitative estimate of drug-likeness (QED) is 0.392. The molecular weight excluding hydrogens is 409 g/mol. The molecule has 0 bridgehead atoms. The fraction of sp³-hybridized carbons (Fsp3) is 0.409. The summed E-state index contributed by atoms with van der Waals surface area (Å²) < 4.78 is 42.4. The third-order valence-corrected chi connectivity index (χ3v) is 4.58. The third-order valence-electron chi connectivity index (χ3n) is 4.58. The maximum atomic E-state index is 13.6. The number of benzene rings is 2. The minimum Gasteiger partial charge on any atom is -0.435 e. The maximum absolute atomic E-state index is 13.6. The molecule has 0 saturated heterocycles. The molecule has 0 spiro atoms. The molecule has 2 rings (SSSR count). The van der Waals surface area contributed by atoms with Gasteiger partial charge in [0.25, 0.3) is 0 Å². The van der Waals surface area contributed by atoms with Crippen LogP contribution in [0.25, 0.3) is 0 Å². The molecule has 9 heteroatoms. The molecule has 0 radical (unpaired) electrons. The number of nitrogens with one attached hydrogen (secondary N) is 2. The maximum Gasteiger partial charge on any atom is 0.387 e. The zero-order valence-electron chi connectivity index (χ0n) is 17.9. The Hall–Kier alpha value is -2.78. The lowest BCUT2D eigenvalue weighted by atomic mass is 10.1. The van der Waals surface area contributed by atoms with Gasteiger partial charge in [-0.3, -0.25) is 4.99 Å². The molecule has 2 aromatic carbocycles. The molecule has 6 nitrogen and oxygen atoms in total. The first-order chi connectivity index (χ1) is 14.8. The Morgan fingerprint density at radius 2 is 1.81 bits per heavy atom. The van der Waals surface area contributed by atoms with Crippen LogP contribution in [-0.2, 0) is 0 Å². The summed E-state index contributed by atoms with van der Waals surface area (Å²) in [4.78, 5) is 6.53. The van der Waals surface area contributed by atoms with Gasteiger partial charge in [0, 0.05) is 13.1 Å². The van der Waals surface area contributed by atoms with E-state index < -0.39 is 12.7 Å². The van der Waals surface area contributed by atoms with Crippen LogP contribution in [0.2, 0.25) is 0 Å². The number of aliphatic hydroxyl groups excluding tert-OH is 1. The van der Waals surface area contributed by atoms with Crippen LogP contribution in [0.4, 0.5) is 13.2 Å². The number of likely N-dealkylation sites (N-methyl/N-ethyl adjacent to an activating group) is 1. The summed E-state index contributed by atoms with van der Waals surface area (Å²) in [6.45, 7) is 0.184. The summed E-state index contributed by atoms with van der Waals surface area (Å²) in [6, 6.07) is 12.1. The Balaban J connectivity index is 2.01. The highest BCUT2D eigenvalue weighted by atomic mass is 19.3. The number of aliphatic imine (C=N–C) groups is 1. The molecule has 0 saturated carbocycles. The molecule has 2 aromatic rings. The van der Waals surface area contributed by atoms with E-state index in [1.54, 1.807) is 6.07 Å². The van der Waals surface area contributed by atoms with Gasteiger partial charge >= 0.3 is 6.61 Å². The SMILES string of the molecule is CCNC(=NCC(c1cccc(F)c1)N(C)C)NCC(O)c1ccc(OC(F)F)cc1. The lowest BCUT2D eigenvalue weighted by molar-refractivity contribution is -0.0498. The molecule has 0 aliphatic carbocycles. The van der Waals surface area contributed by atoms with Crippen LogP contribution in [0.5, 0.6) is 5.75 Å². The first-order valence-electron chi connectivity index (χ1n) is 9.97. The van der Waals surface area contributed by atoms with Crippen molar-refractivity contribution in [1.29, 1.82) is 0 Å². The second kappa shape index (κ2) is 12.2. The van der Waals surface area contributed by atoms with E-state index in [-0.39, 0.29) is 24.2 Å². The van der Waals surface area contributed by atoms with Crippen molar-refractivity contribution in [3.8, 4) is 5.75 Å². The number of ether oxygens (including phenoxy) is 1. The lowest BCUT2D eigenvalue weighted by Gasteiger charge is -2.24. The fourth-order valence-electron chi connectivity index (χ4n) is 2.98. The summed E-state index contributed by atoms with van der Waals surface area (Å²) >= 11 is 0. The zero-order chi connectivity index (χ0) is 22.8. The second-order valence-corrected chi connectivity index (χ2v) is 7.10. The van der Waals surface area contributed by atoms with Crippen molar-refractivity contribution in [3.63, 3.8) is 0 Å². The molecule has 2 atom stereocenters. The van der Waals surface area contributed by atoms with Crippen molar-refractivity contribution in [2.45, 2.75) is 25.7 Å². The molecule has 2 unspecified atom stereocenters. The smallest absolute Gasteiger partial charge is 0.387 e. The van der Waals surface area contributed by atoms with Crippen LogP contribution >= 0.6 is 0 Å². The highest BCUT2D eigenvalue weighted by molar-refractivity contribution is 5.79. The van der Waals surface area contributed by atoms with Crippen molar-refractivity contribution < 1.29 is 23.0 Å². The Labute approximate surface area is 180 Å². The molecule has 31 heavy (non-hydrogen) atoms. The van der Waals surface area contributed by atoms with Crippen LogP contribution in [0.3, 0.4) is 0 Å². The van der Waals surface area contributed by atoms with Gasteiger partial charge in [0.15, 0.2) is 5.96 Å². The van der Waals surface area contributed by atoms with Gasteiger partial charge in [-0.15, -0.1) is 0 Å². The van der Waals surface area contributed by atoms with Crippen molar-refractivity contribution in [2.24, 2.45) is 4.99 Å². The van der Waals surface area contributed by atoms with E-state index in [9.17, 15) is 18.3 Å². The molecule has 0 aliphatic rings. The first kappa shape index (κ1) is 24.5. The van der Waals surface area contributed by atoms with Crippen molar-refractivity contribution in [1.82, 2.24) is 15.5 Å². The molecule has 0 fully saturated rings.